The van der Waals surface area contributed by atoms with Gasteiger partial charge in [0.25, 0.3) is 0 Å². The van der Waals surface area contributed by atoms with Crippen LogP contribution in [0.3, 0.4) is 0 Å². The Morgan fingerprint density at radius 1 is 1.27 bits per heavy atom. The summed E-state index contributed by atoms with van der Waals surface area (Å²) in [6.45, 7) is 6.94. The smallest absolute Gasteiger partial charge is 0.190 e. The van der Waals surface area contributed by atoms with Gasteiger partial charge in [-0.05, 0) is 68.5 Å². The Bertz CT molecular complexity index is 857. The third-order valence-corrected chi connectivity index (χ3v) is 6.09. The molecule has 0 radical (unpaired) electrons. The maximum absolute atomic E-state index is 6.52. The molecule has 2 aromatic carbocycles. The summed E-state index contributed by atoms with van der Waals surface area (Å²) in [6, 6.07) is 14.2. The zero-order valence-corrected chi connectivity index (χ0v) is 17.4. The molecule has 3 atom stereocenters. The molecule has 4 rings (SSSR count). The lowest BCUT2D eigenvalue weighted by Gasteiger charge is -2.56. The van der Waals surface area contributed by atoms with Gasteiger partial charge >= 0.3 is 0 Å². The van der Waals surface area contributed by atoms with E-state index in [1.165, 1.54) is 0 Å². The Kier molecular flexibility index (Phi) is 4.35. The van der Waals surface area contributed by atoms with Gasteiger partial charge in [-0.15, -0.1) is 0 Å². The van der Waals surface area contributed by atoms with Crippen molar-refractivity contribution in [3.05, 3.63) is 52.5 Å². The lowest BCUT2D eigenvalue weighted by molar-refractivity contribution is -0.00321. The molecule has 2 aromatic rings. The average molecular weight is 433 g/mol. The zero-order valence-electron chi connectivity index (χ0n) is 15.0. The number of rotatable bonds is 3. The second kappa shape index (κ2) is 6.43. The number of hydrogen-bond donors (Lipinski definition) is 1. The van der Waals surface area contributed by atoms with E-state index in [0.717, 1.165) is 27.2 Å². The summed E-state index contributed by atoms with van der Waals surface area (Å²) >= 11 is 9.28. The van der Waals surface area contributed by atoms with Gasteiger partial charge in [-0.25, -0.2) is 0 Å². The molecule has 1 saturated heterocycles. The first-order valence-electron chi connectivity index (χ1n) is 8.76. The van der Waals surface area contributed by atoms with Gasteiger partial charge in [-0.3, -0.25) is 4.90 Å². The van der Waals surface area contributed by atoms with Crippen molar-refractivity contribution in [2.24, 2.45) is 5.92 Å². The fourth-order valence-corrected chi connectivity index (χ4v) is 4.62. The molecule has 4 nitrogen and oxygen atoms in total. The summed E-state index contributed by atoms with van der Waals surface area (Å²) < 4.78 is 13.1. The van der Waals surface area contributed by atoms with Gasteiger partial charge < -0.3 is 14.8 Å². The van der Waals surface area contributed by atoms with Gasteiger partial charge in [0.05, 0.1) is 12.6 Å². The highest BCUT2D eigenvalue weighted by atomic mass is 79.9. The van der Waals surface area contributed by atoms with Gasteiger partial charge in [0.2, 0.25) is 0 Å². The highest BCUT2D eigenvalue weighted by Gasteiger charge is 2.53. The van der Waals surface area contributed by atoms with Crippen LogP contribution in [-0.4, -0.2) is 17.4 Å². The molecule has 1 N–H and O–H groups in total. The number of ether oxygens (including phenoxy) is 2. The normalized spacial score (nSPS) is 26.6. The van der Waals surface area contributed by atoms with Crippen LogP contribution in [0.25, 0.3) is 0 Å². The summed E-state index contributed by atoms with van der Waals surface area (Å²) in [7, 11) is 0. The minimum Gasteiger partial charge on any atom is -0.494 e. The van der Waals surface area contributed by atoms with E-state index in [1.807, 2.05) is 43.3 Å². The van der Waals surface area contributed by atoms with Crippen LogP contribution in [0.2, 0.25) is 0 Å². The molecule has 0 amide bonds. The predicted molar refractivity (Wildman–Crippen MR) is 111 cm³/mol. The van der Waals surface area contributed by atoms with Crippen molar-refractivity contribution in [1.29, 1.82) is 0 Å². The van der Waals surface area contributed by atoms with Gasteiger partial charge in [0.1, 0.15) is 11.5 Å². The Hall–Kier alpha value is -1.79. The summed E-state index contributed by atoms with van der Waals surface area (Å²) in [4.78, 5) is 2.07. The van der Waals surface area contributed by atoms with Gasteiger partial charge in [0.15, 0.2) is 10.8 Å². The van der Waals surface area contributed by atoms with E-state index < -0.39 is 5.72 Å². The average Bonchev–Trinajstić information content (AvgIpc) is 2.60. The van der Waals surface area contributed by atoms with E-state index in [2.05, 4.69) is 46.1 Å². The van der Waals surface area contributed by atoms with Crippen molar-refractivity contribution < 1.29 is 9.47 Å². The summed E-state index contributed by atoms with van der Waals surface area (Å²) in [6.07, 6.45) is 0. The van der Waals surface area contributed by atoms with Crippen LogP contribution in [0.1, 0.15) is 32.4 Å². The molecule has 1 fully saturated rings. The van der Waals surface area contributed by atoms with Crippen LogP contribution in [0.4, 0.5) is 5.69 Å². The van der Waals surface area contributed by atoms with Crippen molar-refractivity contribution in [2.75, 3.05) is 11.5 Å². The molecule has 2 bridgehead atoms. The first kappa shape index (κ1) is 17.6. The third kappa shape index (κ3) is 2.67. The quantitative estimate of drug-likeness (QED) is 0.687. The molecule has 0 saturated carbocycles. The van der Waals surface area contributed by atoms with Crippen molar-refractivity contribution in [3.63, 3.8) is 0 Å². The second-order valence-electron chi connectivity index (χ2n) is 6.82. The lowest BCUT2D eigenvalue weighted by Crippen LogP contribution is -2.69. The Morgan fingerprint density at radius 2 is 2.00 bits per heavy atom. The third-order valence-electron chi connectivity index (χ3n) is 5.30. The zero-order chi connectivity index (χ0) is 18.5. The topological polar surface area (TPSA) is 33.7 Å². The molecule has 6 heteroatoms. The molecular formula is C20H21BrN2O2S. The molecule has 2 heterocycles. The van der Waals surface area contributed by atoms with E-state index >= 15 is 0 Å². The summed E-state index contributed by atoms with van der Waals surface area (Å²) in [5.41, 5.74) is 1.55. The standard InChI is InChI=1S/C20H21BrN2O2S/c1-4-24-15-8-6-14(7-9-15)23-19(26)22-18-12(2)20(23,3)25-17-10-5-13(21)11-16(17)18/h5-12,18H,4H2,1-3H3,(H,22,26)/t12-,18+,20-/m0/s1. The van der Waals surface area contributed by atoms with E-state index in [9.17, 15) is 0 Å². The Labute approximate surface area is 167 Å². The maximum Gasteiger partial charge on any atom is 0.190 e. The lowest BCUT2D eigenvalue weighted by atomic mass is 9.80. The van der Waals surface area contributed by atoms with Crippen LogP contribution in [-0.2, 0) is 0 Å². The van der Waals surface area contributed by atoms with E-state index in [1.54, 1.807) is 0 Å². The predicted octanol–water partition coefficient (Wildman–Crippen LogP) is 5.03. The second-order valence-corrected chi connectivity index (χ2v) is 8.12. The number of benzene rings is 2. The summed E-state index contributed by atoms with van der Waals surface area (Å²) in [5.74, 6) is 1.94. The van der Waals surface area contributed by atoms with Crippen LogP contribution < -0.4 is 19.7 Å². The molecule has 0 unspecified atom stereocenters. The number of hydrogen-bond acceptors (Lipinski definition) is 3. The highest BCUT2D eigenvalue weighted by molar-refractivity contribution is 9.10. The van der Waals surface area contributed by atoms with Crippen molar-refractivity contribution >= 4 is 38.9 Å². The number of nitrogens with one attached hydrogen (secondary N) is 1. The number of nitrogens with zero attached hydrogens (tertiary/aromatic N) is 1. The molecule has 136 valence electrons. The number of anilines is 1. The highest BCUT2D eigenvalue weighted by Crippen LogP contribution is 2.49. The first-order valence-corrected chi connectivity index (χ1v) is 9.96. The van der Waals surface area contributed by atoms with Gasteiger partial charge in [0, 0.05) is 21.6 Å². The fourth-order valence-electron chi connectivity index (χ4n) is 3.83. The van der Waals surface area contributed by atoms with Gasteiger partial charge in [-0.2, -0.15) is 0 Å². The van der Waals surface area contributed by atoms with Gasteiger partial charge in [-0.1, -0.05) is 22.9 Å². The van der Waals surface area contributed by atoms with Crippen molar-refractivity contribution in [1.82, 2.24) is 5.32 Å². The van der Waals surface area contributed by atoms with Crippen molar-refractivity contribution in [2.45, 2.75) is 32.5 Å². The monoisotopic (exact) mass is 432 g/mol. The molecule has 0 aromatic heterocycles. The summed E-state index contributed by atoms with van der Waals surface area (Å²) in [5, 5.41) is 4.19. The minimum absolute atomic E-state index is 0.118. The Balaban J connectivity index is 1.76. The molecular weight excluding hydrogens is 412 g/mol. The molecule has 2 aliphatic heterocycles. The maximum atomic E-state index is 6.52. The van der Waals surface area contributed by atoms with E-state index in [-0.39, 0.29) is 12.0 Å². The van der Waals surface area contributed by atoms with E-state index in [0.29, 0.717) is 11.7 Å². The molecule has 0 aliphatic carbocycles. The molecule has 26 heavy (non-hydrogen) atoms. The van der Waals surface area contributed by atoms with Crippen LogP contribution in [0.5, 0.6) is 11.5 Å². The Morgan fingerprint density at radius 3 is 2.69 bits per heavy atom. The largest absolute Gasteiger partial charge is 0.494 e. The number of fused-ring (bicyclic) bond motifs is 4. The molecule has 2 aliphatic rings. The van der Waals surface area contributed by atoms with E-state index in [4.69, 9.17) is 21.7 Å². The molecule has 0 spiro atoms. The number of halogens is 1. The van der Waals surface area contributed by atoms with Crippen molar-refractivity contribution in [3.8, 4) is 11.5 Å². The van der Waals surface area contributed by atoms with Crippen LogP contribution in [0.15, 0.2) is 46.9 Å². The van der Waals surface area contributed by atoms with Crippen LogP contribution in [0, 0.1) is 5.92 Å². The minimum atomic E-state index is -0.568. The number of thiocarbonyl (C=S) groups is 1. The van der Waals surface area contributed by atoms with Crippen LogP contribution >= 0.6 is 28.1 Å². The SMILES string of the molecule is CCOc1ccc(N2C(=S)N[C@H]3c4cc(Br)ccc4O[C@@]2(C)[C@H]3C)cc1. The first-order chi connectivity index (χ1) is 12.4. The fraction of sp³-hybridized carbons (Fsp3) is 0.350.